The predicted octanol–water partition coefficient (Wildman–Crippen LogP) is 0.768. The number of hydrogen-bond acceptors (Lipinski definition) is 4. The molecule has 1 aromatic carbocycles. The Morgan fingerprint density at radius 1 is 1.06 bits per heavy atom. The summed E-state index contributed by atoms with van der Waals surface area (Å²) < 4.78 is 4.97. The molecule has 0 bridgehead atoms. The van der Waals surface area contributed by atoms with Crippen LogP contribution in [0.2, 0.25) is 0 Å². The van der Waals surface area contributed by atoms with Crippen LogP contribution in [0.4, 0.5) is 0 Å². The van der Waals surface area contributed by atoms with Gasteiger partial charge < -0.3 is 4.74 Å². The van der Waals surface area contributed by atoms with Crippen molar-refractivity contribution in [2.45, 2.75) is 0 Å². The molecule has 0 fully saturated rings. The molecule has 0 unspecified atom stereocenters. The van der Waals surface area contributed by atoms with Gasteiger partial charge in [0.05, 0.1) is 12.1 Å². The Morgan fingerprint density at radius 3 is 2.28 bits per heavy atom. The molecule has 0 saturated carbocycles. The third-order valence-corrected chi connectivity index (χ3v) is 2.46. The van der Waals surface area contributed by atoms with Crippen LogP contribution < -0.4 is 0 Å². The zero-order chi connectivity index (χ0) is 13.0. The van der Waals surface area contributed by atoms with Gasteiger partial charge in [0.2, 0.25) is 0 Å². The molecule has 1 heterocycles. The van der Waals surface area contributed by atoms with Crippen molar-refractivity contribution in [3.8, 4) is 0 Å². The highest BCUT2D eigenvalue weighted by Crippen LogP contribution is 2.04. The van der Waals surface area contributed by atoms with Crippen molar-refractivity contribution in [2.24, 2.45) is 0 Å². The van der Waals surface area contributed by atoms with Crippen molar-refractivity contribution in [1.29, 1.82) is 0 Å². The molecule has 5 heteroatoms. The maximum absolute atomic E-state index is 11.6. The van der Waals surface area contributed by atoms with Gasteiger partial charge in [-0.3, -0.25) is 14.5 Å². The molecule has 1 aliphatic rings. The first kappa shape index (κ1) is 12.0. The summed E-state index contributed by atoms with van der Waals surface area (Å²) in [6.45, 7) is 0.0656. The summed E-state index contributed by atoms with van der Waals surface area (Å²) in [4.78, 5) is 35.0. The number of carbonyl (C=O) groups is 3. The average Bonchev–Trinajstić information content (AvgIpc) is 2.71. The zero-order valence-electron chi connectivity index (χ0n) is 9.54. The number of hydrogen-bond donors (Lipinski definition) is 0. The lowest BCUT2D eigenvalue weighted by atomic mass is 10.2. The maximum Gasteiger partial charge on any atom is 0.338 e. The van der Waals surface area contributed by atoms with Crippen LogP contribution in [-0.4, -0.2) is 35.8 Å². The van der Waals surface area contributed by atoms with Crippen molar-refractivity contribution < 1.29 is 19.1 Å². The lowest BCUT2D eigenvalue weighted by Crippen LogP contribution is -2.33. The predicted molar refractivity (Wildman–Crippen MR) is 62.6 cm³/mol. The molecule has 0 radical (unpaired) electrons. The van der Waals surface area contributed by atoms with Gasteiger partial charge >= 0.3 is 5.97 Å². The molecule has 2 rings (SSSR count). The minimum absolute atomic E-state index is 0.00706. The third-order valence-electron chi connectivity index (χ3n) is 2.46. The molecule has 5 nitrogen and oxygen atoms in total. The molecule has 1 aliphatic heterocycles. The van der Waals surface area contributed by atoms with Gasteiger partial charge in [-0.1, -0.05) is 18.2 Å². The summed E-state index contributed by atoms with van der Waals surface area (Å²) in [5.41, 5.74) is 0.440. The minimum Gasteiger partial charge on any atom is -0.460 e. The number of esters is 1. The van der Waals surface area contributed by atoms with E-state index in [2.05, 4.69) is 0 Å². The number of nitrogens with zero attached hydrogens (tertiary/aromatic N) is 1. The van der Waals surface area contributed by atoms with E-state index in [9.17, 15) is 14.4 Å². The zero-order valence-corrected chi connectivity index (χ0v) is 9.54. The fourth-order valence-electron chi connectivity index (χ4n) is 1.54. The van der Waals surface area contributed by atoms with Gasteiger partial charge in [0, 0.05) is 12.2 Å². The van der Waals surface area contributed by atoms with Crippen LogP contribution in [0.15, 0.2) is 42.5 Å². The number of carbonyl (C=O) groups excluding carboxylic acids is 3. The summed E-state index contributed by atoms with van der Waals surface area (Å²) in [5, 5.41) is 0. The lowest BCUT2D eigenvalue weighted by Gasteiger charge is -2.13. The number of imide groups is 1. The standard InChI is InChI=1S/C13H11NO4/c15-11-6-7-12(16)14(11)8-9-18-13(17)10-4-2-1-3-5-10/h1-7H,8-9H2. The summed E-state index contributed by atoms with van der Waals surface area (Å²) in [6.07, 6.45) is 2.39. The number of benzene rings is 1. The van der Waals surface area contributed by atoms with Gasteiger partial charge in [-0.15, -0.1) is 0 Å². The molecule has 0 N–H and O–H groups in total. The Bertz CT molecular complexity index is 489. The van der Waals surface area contributed by atoms with Crippen LogP contribution in [0.1, 0.15) is 10.4 Å². The molecule has 0 aliphatic carbocycles. The Kier molecular flexibility index (Phi) is 3.52. The van der Waals surface area contributed by atoms with Gasteiger partial charge in [-0.25, -0.2) is 4.79 Å². The van der Waals surface area contributed by atoms with E-state index >= 15 is 0 Å². The second-order valence-corrected chi connectivity index (χ2v) is 3.66. The second-order valence-electron chi connectivity index (χ2n) is 3.66. The molecule has 0 atom stereocenters. The summed E-state index contributed by atoms with van der Waals surface area (Å²) in [7, 11) is 0. The Morgan fingerprint density at radius 2 is 1.67 bits per heavy atom. The fraction of sp³-hybridized carbons (Fsp3) is 0.154. The van der Waals surface area contributed by atoms with Crippen LogP contribution >= 0.6 is 0 Å². The summed E-state index contributed by atoms with van der Waals surface area (Å²) >= 11 is 0. The SMILES string of the molecule is O=C(OCCN1C(=O)C=CC1=O)c1ccccc1. The molecular formula is C13H11NO4. The van der Waals surface area contributed by atoms with Gasteiger partial charge in [-0.05, 0) is 12.1 Å². The van der Waals surface area contributed by atoms with Crippen LogP contribution in [0, 0.1) is 0 Å². The largest absolute Gasteiger partial charge is 0.460 e. The van der Waals surface area contributed by atoms with Crippen molar-refractivity contribution in [2.75, 3.05) is 13.2 Å². The topological polar surface area (TPSA) is 63.7 Å². The Hall–Kier alpha value is -2.43. The third kappa shape index (κ3) is 2.63. The lowest BCUT2D eigenvalue weighted by molar-refractivity contribution is -0.137. The average molecular weight is 245 g/mol. The van der Waals surface area contributed by atoms with E-state index in [0.29, 0.717) is 5.56 Å². The van der Waals surface area contributed by atoms with Gasteiger partial charge in [0.25, 0.3) is 11.8 Å². The quantitative estimate of drug-likeness (QED) is 0.580. The Labute approximate surface area is 104 Å². The molecule has 0 spiro atoms. The number of ether oxygens (including phenoxy) is 1. The first-order chi connectivity index (χ1) is 8.68. The molecule has 0 aromatic heterocycles. The van der Waals surface area contributed by atoms with Crippen LogP contribution in [0.3, 0.4) is 0 Å². The Balaban J connectivity index is 1.81. The van der Waals surface area contributed by atoms with Crippen molar-refractivity contribution >= 4 is 17.8 Å². The van der Waals surface area contributed by atoms with Crippen molar-refractivity contribution in [1.82, 2.24) is 4.90 Å². The van der Waals surface area contributed by atoms with Crippen LogP contribution in [0.25, 0.3) is 0 Å². The van der Waals surface area contributed by atoms with E-state index < -0.39 is 5.97 Å². The van der Waals surface area contributed by atoms with E-state index in [-0.39, 0.29) is 25.0 Å². The first-order valence-corrected chi connectivity index (χ1v) is 5.44. The van der Waals surface area contributed by atoms with Gasteiger partial charge in [0.1, 0.15) is 6.61 Å². The molecule has 2 amide bonds. The molecule has 1 aromatic rings. The second kappa shape index (κ2) is 5.27. The maximum atomic E-state index is 11.6. The first-order valence-electron chi connectivity index (χ1n) is 5.44. The highest BCUT2D eigenvalue weighted by molar-refractivity contribution is 6.12. The van der Waals surface area contributed by atoms with E-state index in [4.69, 9.17) is 4.74 Å². The summed E-state index contributed by atoms with van der Waals surface area (Å²) in [5.74, 6) is -1.23. The normalized spacial score (nSPS) is 14.1. The summed E-state index contributed by atoms with van der Waals surface area (Å²) in [6, 6.07) is 8.53. The van der Waals surface area contributed by atoms with E-state index in [0.717, 1.165) is 4.90 Å². The van der Waals surface area contributed by atoms with Crippen molar-refractivity contribution in [3.05, 3.63) is 48.0 Å². The number of rotatable bonds is 4. The van der Waals surface area contributed by atoms with Crippen LogP contribution in [0.5, 0.6) is 0 Å². The van der Waals surface area contributed by atoms with Crippen molar-refractivity contribution in [3.63, 3.8) is 0 Å². The van der Waals surface area contributed by atoms with Crippen LogP contribution in [-0.2, 0) is 14.3 Å². The molecule has 0 saturated heterocycles. The molecule has 18 heavy (non-hydrogen) atoms. The minimum atomic E-state index is -0.470. The van der Waals surface area contributed by atoms with Gasteiger partial charge in [-0.2, -0.15) is 0 Å². The fourth-order valence-corrected chi connectivity index (χ4v) is 1.54. The monoisotopic (exact) mass is 245 g/mol. The number of amides is 2. The van der Waals surface area contributed by atoms with E-state index in [1.165, 1.54) is 12.2 Å². The van der Waals surface area contributed by atoms with E-state index in [1.54, 1.807) is 30.3 Å². The highest BCUT2D eigenvalue weighted by atomic mass is 16.5. The smallest absolute Gasteiger partial charge is 0.338 e. The molecule has 92 valence electrons. The van der Waals surface area contributed by atoms with E-state index in [1.807, 2.05) is 0 Å². The molecular weight excluding hydrogens is 234 g/mol. The highest BCUT2D eigenvalue weighted by Gasteiger charge is 2.23. The van der Waals surface area contributed by atoms with Gasteiger partial charge in [0.15, 0.2) is 0 Å².